The molecule has 1 aliphatic rings. The average Bonchev–Trinajstić information content (AvgIpc) is 3.04. The second-order valence-electron chi connectivity index (χ2n) is 7.76. The van der Waals surface area contributed by atoms with Gasteiger partial charge in [-0.15, -0.1) is 0 Å². The van der Waals surface area contributed by atoms with E-state index in [0.717, 1.165) is 28.1 Å². The third-order valence-electron chi connectivity index (χ3n) is 5.30. The van der Waals surface area contributed by atoms with Gasteiger partial charge in [-0.2, -0.15) is 0 Å². The Hall–Kier alpha value is -2.82. The Morgan fingerprint density at radius 2 is 1.96 bits per heavy atom. The number of para-hydroxylation sites is 1. The second kappa shape index (κ2) is 8.05. The highest BCUT2D eigenvalue weighted by Gasteiger charge is 2.36. The van der Waals surface area contributed by atoms with Crippen LogP contribution >= 0.6 is 0 Å². The van der Waals surface area contributed by atoms with Crippen molar-refractivity contribution in [2.24, 2.45) is 5.92 Å². The van der Waals surface area contributed by atoms with Gasteiger partial charge in [-0.25, -0.2) is 0 Å². The van der Waals surface area contributed by atoms with Gasteiger partial charge in [0, 0.05) is 18.7 Å². The summed E-state index contributed by atoms with van der Waals surface area (Å²) in [4.78, 5) is 27.3. The van der Waals surface area contributed by atoms with Crippen LogP contribution in [0.3, 0.4) is 0 Å². The van der Waals surface area contributed by atoms with E-state index in [4.69, 9.17) is 4.74 Å². The van der Waals surface area contributed by atoms with Crippen molar-refractivity contribution in [1.82, 2.24) is 0 Å². The van der Waals surface area contributed by atoms with Gasteiger partial charge in [-0.05, 0) is 48.6 Å². The molecule has 1 aliphatic heterocycles. The summed E-state index contributed by atoms with van der Waals surface area (Å²) in [5, 5.41) is 3.09. The number of carbonyl (C=O) groups is 2. The monoisotopic (exact) mass is 380 g/mol. The summed E-state index contributed by atoms with van der Waals surface area (Å²) < 4.78 is 5.42. The standard InChI is InChI=1S/C23H28N2O3/c1-14(2)18-8-6-7-16(4)22(18)24-23(27)17-12-21(26)25(13-17)19-11-15(3)9-10-20(19)28-5/h6-11,14,17H,12-13H2,1-5H3,(H,24,27). The van der Waals surface area contributed by atoms with E-state index >= 15 is 0 Å². The van der Waals surface area contributed by atoms with Crippen LogP contribution < -0.4 is 15.0 Å². The Morgan fingerprint density at radius 3 is 2.64 bits per heavy atom. The van der Waals surface area contributed by atoms with Gasteiger partial charge in [-0.3, -0.25) is 9.59 Å². The second-order valence-corrected chi connectivity index (χ2v) is 7.76. The maximum atomic E-state index is 13.0. The molecule has 0 aliphatic carbocycles. The van der Waals surface area contributed by atoms with E-state index in [1.54, 1.807) is 12.0 Å². The summed E-state index contributed by atoms with van der Waals surface area (Å²) in [5.41, 5.74) is 4.76. The number of hydrogen-bond acceptors (Lipinski definition) is 3. The van der Waals surface area contributed by atoms with Crippen molar-refractivity contribution in [3.63, 3.8) is 0 Å². The molecule has 2 aromatic rings. The Morgan fingerprint density at radius 1 is 1.21 bits per heavy atom. The molecule has 0 bridgehead atoms. The summed E-state index contributed by atoms with van der Waals surface area (Å²) in [7, 11) is 1.59. The zero-order valence-corrected chi connectivity index (χ0v) is 17.2. The van der Waals surface area contributed by atoms with Crippen LogP contribution in [0.4, 0.5) is 11.4 Å². The molecular weight excluding hydrogens is 352 g/mol. The van der Waals surface area contributed by atoms with E-state index in [-0.39, 0.29) is 18.2 Å². The number of nitrogens with zero attached hydrogens (tertiary/aromatic N) is 1. The predicted molar refractivity (Wildman–Crippen MR) is 112 cm³/mol. The quantitative estimate of drug-likeness (QED) is 0.835. The third-order valence-corrected chi connectivity index (χ3v) is 5.30. The van der Waals surface area contributed by atoms with E-state index in [0.29, 0.717) is 18.2 Å². The van der Waals surface area contributed by atoms with Crippen molar-refractivity contribution < 1.29 is 14.3 Å². The van der Waals surface area contributed by atoms with Crippen LogP contribution in [0.2, 0.25) is 0 Å². The maximum absolute atomic E-state index is 13.0. The molecule has 2 amide bonds. The minimum atomic E-state index is -0.391. The predicted octanol–water partition coefficient (Wildman–Crippen LogP) is 4.43. The molecule has 0 aromatic heterocycles. The van der Waals surface area contributed by atoms with Crippen molar-refractivity contribution >= 4 is 23.2 Å². The van der Waals surface area contributed by atoms with E-state index in [1.165, 1.54) is 0 Å². The molecule has 5 heteroatoms. The molecule has 1 saturated heterocycles. The molecule has 1 unspecified atom stereocenters. The Kier molecular flexibility index (Phi) is 5.73. The SMILES string of the molecule is COc1ccc(C)cc1N1CC(C(=O)Nc2c(C)cccc2C(C)C)CC1=O. The van der Waals surface area contributed by atoms with Crippen LogP contribution in [0.25, 0.3) is 0 Å². The minimum Gasteiger partial charge on any atom is -0.495 e. The Bertz CT molecular complexity index is 905. The topological polar surface area (TPSA) is 58.6 Å². The number of amides is 2. The van der Waals surface area contributed by atoms with E-state index in [9.17, 15) is 9.59 Å². The molecule has 0 saturated carbocycles. The number of benzene rings is 2. The van der Waals surface area contributed by atoms with Gasteiger partial charge in [0.1, 0.15) is 5.75 Å². The largest absolute Gasteiger partial charge is 0.495 e. The van der Waals surface area contributed by atoms with Crippen LogP contribution in [0.1, 0.15) is 42.9 Å². The summed E-state index contributed by atoms with van der Waals surface area (Å²) in [6.07, 6.45) is 0.200. The van der Waals surface area contributed by atoms with Gasteiger partial charge in [-0.1, -0.05) is 38.1 Å². The lowest BCUT2D eigenvalue weighted by atomic mass is 9.97. The highest BCUT2D eigenvalue weighted by Crippen LogP contribution is 2.35. The molecule has 1 fully saturated rings. The first kappa shape index (κ1) is 19.9. The maximum Gasteiger partial charge on any atom is 0.229 e. The average molecular weight is 380 g/mol. The van der Waals surface area contributed by atoms with Crippen LogP contribution in [0, 0.1) is 19.8 Å². The van der Waals surface area contributed by atoms with Gasteiger partial charge in [0.15, 0.2) is 0 Å². The minimum absolute atomic E-state index is 0.0575. The van der Waals surface area contributed by atoms with E-state index in [2.05, 4.69) is 19.2 Å². The van der Waals surface area contributed by atoms with E-state index < -0.39 is 5.92 Å². The van der Waals surface area contributed by atoms with Crippen molar-refractivity contribution in [2.75, 3.05) is 23.9 Å². The number of aryl methyl sites for hydroxylation is 2. The van der Waals surface area contributed by atoms with Gasteiger partial charge >= 0.3 is 0 Å². The zero-order valence-electron chi connectivity index (χ0n) is 17.2. The van der Waals surface area contributed by atoms with Crippen molar-refractivity contribution in [2.45, 2.75) is 40.0 Å². The fourth-order valence-electron chi connectivity index (χ4n) is 3.69. The third kappa shape index (κ3) is 3.88. The lowest BCUT2D eigenvalue weighted by Gasteiger charge is -2.21. The molecule has 3 rings (SSSR count). The molecule has 28 heavy (non-hydrogen) atoms. The number of nitrogens with one attached hydrogen (secondary N) is 1. The molecule has 5 nitrogen and oxygen atoms in total. The lowest BCUT2D eigenvalue weighted by Crippen LogP contribution is -2.29. The number of hydrogen-bond donors (Lipinski definition) is 1. The first-order valence-corrected chi connectivity index (χ1v) is 9.67. The fraction of sp³-hybridized carbons (Fsp3) is 0.391. The van der Waals surface area contributed by atoms with Crippen LogP contribution in [0.5, 0.6) is 5.75 Å². The summed E-state index contributed by atoms with van der Waals surface area (Å²) in [5.74, 6) is 0.378. The molecule has 2 aromatic carbocycles. The molecule has 148 valence electrons. The number of anilines is 2. The smallest absolute Gasteiger partial charge is 0.229 e. The fourth-order valence-corrected chi connectivity index (χ4v) is 3.69. The number of rotatable bonds is 5. The summed E-state index contributed by atoms with van der Waals surface area (Å²) in [6.45, 7) is 8.53. The molecule has 1 atom stereocenters. The molecule has 1 N–H and O–H groups in total. The number of ether oxygens (including phenoxy) is 1. The number of carbonyl (C=O) groups excluding carboxylic acids is 2. The Labute approximate surface area is 166 Å². The lowest BCUT2D eigenvalue weighted by molar-refractivity contribution is -0.122. The zero-order chi connectivity index (χ0) is 20.4. The number of methoxy groups -OCH3 is 1. The summed E-state index contributed by atoms with van der Waals surface area (Å²) in [6, 6.07) is 11.8. The van der Waals surface area contributed by atoms with Crippen LogP contribution in [-0.4, -0.2) is 25.5 Å². The molecule has 0 spiro atoms. The van der Waals surface area contributed by atoms with Crippen molar-refractivity contribution in [1.29, 1.82) is 0 Å². The van der Waals surface area contributed by atoms with Crippen LogP contribution in [0.15, 0.2) is 36.4 Å². The highest BCUT2D eigenvalue weighted by atomic mass is 16.5. The molecule has 1 heterocycles. The molecular formula is C23H28N2O3. The first-order valence-electron chi connectivity index (χ1n) is 9.67. The van der Waals surface area contributed by atoms with Gasteiger partial charge in [0.2, 0.25) is 11.8 Å². The Balaban J connectivity index is 1.81. The normalized spacial score (nSPS) is 16.6. The summed E-state index contributed by atoms with van der Waals surface area (Å²) >= 11 is 0. The molecule has 0 radical (unpaired) electrons. The van der Waals surface area contributed by atoms with Crippen molar-refractivity contribution in [3.8, 4) is 5.75 Å². The van der Waals surface area contributed by atoms with Gasteiger partial charge in [0.05, 0.1) is 18.7 Å². The van der Waals surface area contributed by atoms with Gasteiger partial charge in [0.25, 0.3) is 0 Å². The van der Waals surface area contributed by atoms with Gasteiger partial charge < -0.3 is 15.0 Å². The van der Waals surface area contributed by atoms with Crippen LogP contribution in [-0.2, 0) is 9.59 Å². The van der Waals surface area contributed by atoms with E-state index in [1.807, 2.05) is 50.2 Å². The van der Waals surface area contributed by atoms with Crippen molar-refractivity contribution in [3.05, 3.63) is 53.1 Å². The first-order chi connectivity index (χ1) is 13.3. The highest BCUT2D eigenvalue weighted by molar-refractivity contribution is 6.04.